The number of carbonyl (C=O) groups excluding carboxylic acids is 2. The van der Waals surface area contributed by atoms with Crippen LogP contribution >= 0.6 is 0 Å². The summed E-state index contributed by atoms with van der Waals surface area (Å²) >= 11 is 0. The molecule has 2 heterocycles. The molecule has 19 heavy (non-hydrogen) atoms. The minimum absolute atomic E-state index is 0.0204. The summed E-state index contributed by atoms with van der Waals surface area (Å²) in [7, 11) is 0. The normalized spacial score (nSPS) is 40.4. The smallest absolute Gasteiger partial charge is 0.228 e. The van der Waals surface area contributed by atoms with E-state index in [-0.39, 0.29) is 23.1 Å². The van der Waals surface area contributed by atoms with Gasteiger partial charge in [0, 0.05) is 25.6 Å². The van der Waals surface area contributed by atoms with Gasteiger partial charge < -0.3 is 10.2 Å². The molecule has 2 amide bonds. The number of fused-ring (bicyclic) bond motifs is 2. The Hall–Kier alpha value is -1.06. The molecule has 0 spiro atoms. The van der Waals surface area contributed by atoms with Crippen LogP contribution in [0, 0.1) is 16.7 Å². The molecule has 0 aromatic heterocycles. The van der Waals surface area contributed by atoms with E-state index < -0.39 is 0 Å². The first-order chi connectivity index (χ1) is 8.78. The van der Waals surface area contributed by atoms with Crippen LogP contribution in [0.4, 0.5) is 0 Å². The molecule has 3 rings (SSSR count). The first kappa shape index (κ1) is 12.9. The maximum atomic E-state index is 12.6. The summed E-state index contributed by atoms with van der Waals surface area (Å²) < 4.78 is 0. The second-order valence-corrected chi connectivity index (χ2v) is 7.88. The predicted octanol–water partition coefficient (Wildman–Crippen LogP) is 1.55. The van der Waals surface area contributed by atoms with Crippen molar-refractivity contribution in [2.75, 3.05) is 13.1 Å². The van der Waals surface area contributed by atoms with Crippen molar-refractivity contribution in [2.24, 2.45) is 16.7 Å². The molecule has 2 bridgehead atoms. The van der Waals surface area contributed by atoms with E-state index in [1.807, 2.05) is 0 Å². The molecule has 1 aliphatic carbocycles. The Morgan fingerprint density at radius 1 is 1.32 bits per heavy atom. The van der Waals surface area contributed by atoms with E-state index in [1.165, 1.54) is 6.42 Å². The van der Waals surface area contributed by atoms with E-state index in [1.54, 1.807) is 0 Å². The molecule has 0 aromatic carbocycles. The highest BCUT2D eigenvalue weighted by molar-refractivity contribution is 5.89. The quantitative estimate of drug-likeness (QED) is 0.781. The average molecular weight is 264 g/mol. The van der Waals surface area contributed by atoms with Gasteiger partial charge in [0.15, 0.2) is 0 Å². The van der Waals surface area contributed by atoms with Gasteiger partial charge in [-0.2, -0.15) is 0 Å². The number of amides is 2. The Morgan fingerprint density at radius 2 is 2.05 bits per heavy atom. The monoisotopic (exact) mass is 264 g/mol. The minimum atomic E-state index is -0.126. The molecule has 3 atom stereocenters. The van der Waals surface area contributed by atoms with Gasteiger partial charge in [-0.25, -0.2) is 0 Å². The number of carbonyl (C=O) groups is 2. The lowest BCUT2D eigenvalue weighted by Crippen LogP contribution is -2.41. The van der Waals surface area contributed by atoms with E-state index >= 15 is 0 Å². The lowest BCUT2D eigenvalue weighted by atomic mass is 9.65. The summed E-state index contributed by atoms with van der Waals surface area (Å²) in [5.74, 6) is 0.0930. The molecule has 3 aliphatic rings. The van der Waals surface area contributed by atoms with Crippen molar-refractivity contribution in [3.63, 3.8) is 0 Å². The van der Waals surface area contributed by atoms with Crippen LogP contribution in [0.3, 0.4) is 0 Å². The Bertz CT molecular complexity index is 432. The van der Waals surface area contributed by atoms with Crippen LogP contribution in [0.15, 0.2) is 0 Å². The van der Waals surface area contributed by atoms with Gasteiger partial charge in [0.05, 0.1) is 5.92 Å². The third-order valence-electron chi connectivity index (χ3n) is 5.02. The highest BCUT2D eigenvalue weighted by atomic mass is 16.2. The number of hydrogen-bond donors (Lipinski definition) is 1. The summed E-state index contributed by atoms with van der Waals surface area (Å²) in [5.41, 5.74) is 0.606. The highest BCUT2D eigenvalue weighted by Crippen LogP contribution is 2.52. The van der Waals surface area contributed by atoms with Gasteiger partial charge in [0.2, 0.25) is 11.8 Å². The van der Waals surface area contributed by atoms with Crippen LogP contribution in [-0.4, -0.2) is 35.8 Å². The van der Waals surface area contributed by atoms with E-state index in [4.69, 9.17) is 0 Å². The van der Waals surface area contributed by atoms with Crippen molar-refractivity contribution < 1.29 is 9.59 Å². The van der Waals surface area contributed by atoms with Gasteiger partial charge >= 0.3 is 0 Å². The van der Waals surface area contributed by atoms with Crippen LogP contribution in [0.1, 0.15) is 46.5 Å². The maximum absolute atomic E-state index is 12.6. The second-order valence-electron chi connectivity index (χ2n) is 7.88. The van der Waals surface area contributed by atoms with Gasteiger partial charge in [0.1, 0.15) is 0 Å². The van der Waals surface area contributed by atoms with E-state index in [2.05, 4.69) is 31.0 Å². The summed E-state index contributed by atoms with van der Waals surface area (Å²) in [4.78, 5) is 26.0. The van der Waals surface area contributed by atoms with Crippen molar-refractivity contribution in [2.45, 2.75) is 52.5 Å². The van der Waals surface area contributed by atoms with Crippen molar-refractivity contribution in [3.8, 4) is 0 Å². The summed E-state index contributed by atoms with van der Waals surface area (Å²) in [6.07, 6.45) is 3.81. The number of rotatable bonds is 1. The molecule has 4 nitrogen and oxygen atoms in total. The summed E-state index contributed by atoms with van der Waals surface area (Å²) in [6, 6.07) is 0.386. The van der Waals surface area contributed by atoms with Crippen LogP contribution < -0.4 is 5.32 Å². The Balaban J connectivity index is 1.76. The predicted molar refractivity (Wildman–Crippen MR) is 72.4 cm³/mol. The van der Waals surface area contributed by atoms with Crippen LogP contribution in [0.2, 0.25) is 0 Å². The molecule has 1 N–H and O–H groups in total. The fraction of sp³-hybridized carbons (Fsp3) is 0.867. The first-order valence-electron chi connectivity index (χ1n) is 7.35. The average Bonchev–Trinajstić information content (AvgIpc) is 2.78. The standard InChI is InChI=1S/C15H24N2O2/c1-14(2)5-11-6-15(3,8-14)9-17(11)13(19)10-4-12(18)16-7-10/h10-11H,4-9H2,1-3H3,(H,16,18). The third-order valence-corrected chi connectivity index (χ3v) is 5.02. The molecule has 4 heteroatoms. The molecule has 0 radical (unpaired) electrons. The molecule has 3 unspecified atom stereocenters. The lowest BCUT2D eigenvalue weighted by Gasteiger charge is -2.39. The van der Waals surface area contributed by atoms with Crippen molar-refractivity contribution >= 4 is 11.8 Å². The van der Waals surface area contributed by atoms with Crippen molar-refractivity contribution in [1.29, 1.82) is 0 Å². The fourth-order valence-electron chi connectivity index (χ4n) is 4.73. The van der Waals surface area contributed by atoms with Gasteiger partial charge in [-0.05, 0) is 30.1 Å². The Labute approximate surface area is 114 Å². The van der Waals surface area contributed by atoms with Crippen LogP contribution in [-0.2, 0) is 9.59 Å². The molecule has 106 valence electrons. The topological polar surface area (TPSA) is 49.4 Å². The molecule has 2 aliphatic heterocycles. The number of hydrogen-bond acceptors (Lipinski definition) is 2. The Morgan fingerprint density at radius 3 is 2.68 bits per heavy atom. The number of nitrogens with one attached hydrogen (secondary N) is 1. The molecule has 1 saturated carbocycles. The molecule has 0 aromatic rings. The van der Waals surface area contributed by atoms with Gasteiger partial charge in [-0.1, -0.05) is 20.8 Å². The van der Waals surface area contributed by atoms with Crippen LogP contribution in [0.25, 0.3) is 0 Å². The van der Waals surface area contributed by atoms with Gasteiger partial charge in [-0.3, -0.25) is 9.59 Å². The maximum Gasteiger partial charge on any atom is 0.228 e. The zero-order valence-electron chi connectivity index (χ0n) is 12.2. The number of likely N-dealkylation sites (tertiary alicyclic amines) is 1. The largest absolute Gasteiger partial charge is 0.355 e. The van der Waals surface area contributed by atoms with E-state index in [0.717, 1.165) is 19.4 Å². The van der Waals surface area contributed by atoms with Crippen molar-refractivity contribution in [1.82, 2.24) is 10.2 Å². The minimum Gasteiger partial charge on any atom is -0.355 e. The molecular formula is C15H24N2O2. The summed E-state index contributed by atoms with van der Waals surface area (Å²) in [5, 5.41) is 2.77. The fourth-order valence-corrected chi connectivity index (χ4v) is 4.73. The first-order valence-corrected chi connectivity index (χ1v) is 7.35. The SMILES string of the molecule is CC1(C)CC2CC(C)(CN2C(=O)C2CNC(=O)C2)C1. The van der Waals surface area contributed by atoms with Gasteiger partial charge in [0.25, 0.3) is 0 Å². The van der Waals surface area contributed by atoms with E-state index in [0.29, 0.717) is 24.4 Å². The van der Waals surface area contributed by atoms with Crippen molar-refractivity contribution in [3.05, 3.63) is 0 Å². The molecule has 2 saturated heterocycles. The zero-order valence-corrected chi connectivity index (χ0v) is 12.2. The second kappa shape index (κ2) is 3.97. The number of nitrogens with zero attached hydrogens (tertiary/aromatic N) is 1. The highest BCUT2D eigenvalue weighted by Gasteiger charge is 2.52. The summed E-state index contributed by atoms with van der Waals surface area (Å²) in [6.45, 7) is 8.34. The van der Waals surface area contributed by atoms with Crippen LogP contribution in [0.5, 0.6) is 0 Å². The molecule has 3 fully saturated rings. The van der Waals surface area contributed by atoms with Gasteiger partial charge in [-0.15, -0.1) is 0 Å². The zero-order chi connectivity index (χ0) is 13.8. The molecular weight excluding hydrogens is 240 g/mol. The van der Waals surface area contributed by atoms with E-state index in [9.17, 15) is 9.59 Å². The lowest BCUT2D eigenvalue weighted by molar-refractivity contribution is -0.137. The third kappa shape index (κ3) is 2.26. The Kier molecular flexibility index (Phi) is 2.70.